The van der Waals surface area contributed by atoms with Crippen LogP contribution in [-0.2, 0) is 21.6 Å². The largest absolute Gasteiger partial charge is 0.489 e. The van der Waals surface area contributed by atoms with Gasteiger partial charge in [0.2, 0.25) is 0 Å². The van der Waals surface area contributed by atoms with Gasteiger partial charge in [0.25, 0.3) is 0 Å². The summed E-state index contributed by atoms with van der Waals surface area (Å²) in [4.78, 5) is 13.0. The van der Waals surface area contributed by atoms with Crippen molar-refractivity contribution in [1.82, 2.24) is 4.90 Å². The second-order valence-corrected chi connectivity index (χ2v) is 9.06. The van der Waals surface area contributed by atoms with Gasteiger partial charge in [-0.2, -0.15) is 0 Å². The van der Waals surface area contributed by atoms with Crippen LogP contribution in [0.25, 0.3) is 0 Å². The number of ether oxygens (including phenoxy) is 2. The third-order valence-corrected chi connectivity index (χ3v) is 5.61. The van der Waals surface area contributed by atoms with Gasteiger partial charge >= 0.3 is 5.97 Å². The number of carbonyl (C=O) groups is 1. The fourth-order valence-corrected chi connectivity index (χ4v) is 3.71. The van der Waals surface area contributed by atoms with E-state index in [1.165, 1.54) is 5.56 Å². The first kappa shape index (κ1) is 22.3. The zero-order valence-corrected chi connectivity index (χ0v) is 18.5. The van der Waals surface area contributed by atoms with Crippen molar-refractivity contribution >= 4 is 5.97 Å². The van der Waals surface area contributed by atoms with E-state index >= 15 is 0 Å². The van der Waals surface area contributed by atoms with Crippen molar-refractivity contribution in [3.05, 3.63) is 64.7 Å². The average Bonchev–Trinajstić information content (AvgIpc) is 2.70. The van der Waals surface area contributed by atoms with Crippen LogP contribution in [0.2, 0.25) is 0 Å². The highest BCUT2D eigenvalue weighted by atomic mass is 16.5. The highest BCUT2D eigenvalue weighted by Gasteiger charge is 2.23. The van der Waals surface area contributed by atoms with Crippen molar-refractivity contribution in [3.63, 3.8) is 0 Å². The number of rotatable bonds is 7. The lowest BCUT2D eigenvalue weighted by Crippen LogP contribution is -2.39. The second kappa shape index (κ2) is 9.63. The lowest BCUT2D eigenvalue weighted by Gasteiger charge is -2.33. The van der Waals surface area contributed by atoms with E-state index in [4.69, 9.17) is 14.6 Å². The fraction of sp³-hybridized carbons (Fsp3) is 0.480. The molecule has 1 aliphatic rings. The van der Waals surface area contributed by atoms with Gasteiger partial charge in [-0.1, -0.05) is 51.1 Å². The molecule has 0 saturated carbocycles. The Morgan fingerprint density at radius 1 is 1.20 bits per heavy atom. The monoisotopic (exact) mass is 411 g/mol. The molecule has 0 spiro atoms. The van der Waals surface area contributed by atoms with Crippen LogP contribution < -0.4 is 4.74 Å². The molecule has 5 nitrogen and oxygen atoms in total. The number of morpholine rings is 1. The van der Waals surface area contributed by atoms with E-state index in [0.717, 1.165) is 29.0 Å². The van der Waals surface area contributed by atoms with E-state index in [9.17, 15) is 4.79 Å². The molecule has 1 saturated heterocycles. The predicted octanol–water partition coefficient (Wildman–Crippen LogP) is 4.72. The van der Waals surface area contributed by atoms with E-state index < -0.39 is 5.97 Å². The molecule has 1 N–H and O–H groups in total. The van der Waals surface area contributed by atoms with Gasteiger partial charge in [0.15, 0.2) is 0 Å². The summed E-state index contributed by atoms with van der Waals surface area (Å²) < 4.78 is 12.0. The molecule has 2 aromatic rings. The van der Waals surface area contributed by atoms with Gasteiger partial charge in [0, 0.05) is 19.6 Å². The molecule has 162 valence electrons. The maximum atomic E-state index is 10.8. The van der Waals surface area contributed by atoms with Gasteiger partial charge in [0.05, 0.1) is 19.1 Å². The molecule has 0 amide bonds. The molecule has 1 unspecified atom stereocenters. The molecule has 5 heteroatoms. The first-order valence-corrected chi connectivity index (χ1v) is 10.6. The topological polar surface area (TPSA) is 59.0 Å². The highest BCUT2D eigenvalue weighted by Crippen LogP contribution is 2.28. The van der Waals surface area contributed by atoms with Crippen molar-refractivity contribution < 1.29 is 19.4 Å². The van der Waals surface area contributed by atoms with Gasteiger partial charge in [-0.25, -0.2) is 0 Å². The van der Waals surface area contributed by atoms with Crippen LogP contribution in [0.1, 0.15) is 55.5 Å². The van der Waals surface area contributed by atoms with Crippen LogP contribution in [0, 0.1) is 6.92 Å². The first-order valence-electron chi connectivity index (χ1n) is 10.6. The Morgan fingerprint density at radius 3 is 2.57 bits per heavy atom. The molecule has 0 radical (unpaired) electrons. The van der Waals surface area contributed by atoms with Gasteiger partial charge in [-0.3, -0.25) is 9.69 Å². The maximum absolute atomic E-state index is 10.8. The van der Waals surface area contributed by atoms with Crippen LogP contribution in [-0.4, -0.2) is 42.2 Å². The quantitative estimate of drug-likeness (QED) is 0.714. The third kappa shape index (κ3) is 6.07. The summed E-state index contributed by atoms with van der Waals surface area (Å²) in [7, 11) is 0. The minimum atomic E-state index is -0.760. The fourth-order valence-electron chi connectivity index (χ4n) is 3.71. The number of carboxylic acid groups (broad SMARTS) is 1. The summed E-state index contributed by atoms with van der Waals surface area (Å²) in [5.74, 6) is 0.0819. The Bertz CT molecular complexity index is 854. The molecule has 0 bridgehead atoms. The number of aryl methyl sites for hydroxylation is 1. The zero-order valence-electron chi connectivity index (χ0n) is 18.5. The van der Waals surface area contributed by atoms with E-state index in [-0.39, 0.29) is 17.9 Å². The van der Waals surface area contributed by atoms with Crippen LogP contribution in [0.5, 0.6) is 5.75 Å². The van der Waals surface area contributed by atoms with E-state index in [1.54, 1.807) is 0 Å². The summed E-state index contributed by atoms with van der Waals surface area (Å²) in [5, 5.41) is 8.91. The molecular formula is C25H33NO4. The Morgan fingerprint density at radius 2 is 1.93 bits per heavy atom. The van der Waals surface area contributed by atoms with Crippen molar-refractivity contribution in [1.29, 1.82) is 0 Å². The molecule has 0 aromatic heterocycles. The van der Waals surface area contributed by atoms with Crippen LogP contribution >= 0.6 is 0 Å². The molecule has 1 aliphatic heterocycles. The molecule has 1 atom stereocenters. The minimum Gasteiger partial charge on any atom is -0.489 e. The summed E-state index contributed by atoms with van der Waals surface area (Å²) >= 11 is 0. The normalized spacial score (nSPS) is 17.7. The Labute approximate surface area is 179 Å². The van der Waals surface area contributed by atoms with Crippen LogP contribution in [0.4, 0.5) is 0 Å². The van der Waals surface area contributed by atoms with E-state index in [0.29, 0.717) is 26.3 Å². The lowest BCUT2D eigenvalue weighted by molar-refractivity contribution is -0.137. The zero-order chi connectivity index (χ0) is 21.7. The van der Waals surface area contributed by atoms with E-state index in [2.05, 4.69) is 69.0 Å². The summed E-state index contributed by atoms with van der Waals surface area (Å²) in [5.41, 5.74) is 4.87. The van der Waals surface area contributed by atoms with Crippen molar-refractivity contribution in [2.24, 2.45) is 0 Å². The lowest BCUT2D eigenvalue weighted by atomic mass is 9.87. The molecule has 30 heavy (non-hydrogen) atoms. The van der Waals surface area contributed by atoms with Gasteiger partial charge in [-0.05, 0) is 46.7 Å². The van der Waals surface area contributed by atoms with Gasteiger partial charge in [0.1, 0.15) is 12.4 Å². The first-order chi connectivity index (χ1) is 14.2. The number of aliphatic carboxylic acids is 1. The van der Waals surface area contributed by atoms with E-state index in [1.807, 2.05) is 6.07 Å². The number of hydrogen-bond donors (Lipinski definition) is 1. The smallest absolute Gasteiger partial charge is 0.304 e. The Hall–Kier alpha value is -2.37. The van der Waals surface area contributed by atoms with Gasteiger partial charge in [-0.15, -0.1) is 0 Å². The van der Waals surface area contributed by atoms with Crippen molar-refractivity contribution in [2.45, 2.75) is 52.2 Å². The third-order valence-electron chi connectivity index (χ3n) is 5.61. The highest BCUT2D eigenvalue weighted by molar-refractivity contribution is 5.66. The van der Waals surface area contributed by atoms with Crippen molar-refractivity contribution in [3.8, 4) is 5.75 Å². The molecule has 2 aromatic carbocycles. The second-order valence-electron chi connectivity index (χ2n) is 9.06. The van der Waals surface area contributed by atoms with Crippen molar-refractivity contribution in [2.75, 3.05) is 26.2 Å². The maximum Gasteiger partial charge on any atom is 0.304 e. The van der Waals surface area contributed by atoms with Crippen LogP contribution in [0.3, 0.4) is 0 Å². The Balaban J connectivity index is 1.59. The van der Waals surface area contributed by atoms with Crippen LogP contribution in [0.15, 0.2) is 42.5 Å². The summed E-state index contributed by atoms with van der Waals surface area (Å²) in [6.45, 7) is 11.9. The number of benzene rings is 2. The average molecular weight is 412 g/mol. The summed E-state index contributed by atoms with van der Waals surface area (Å²) in [6.07, 6.45) is 0.126. The molecule has 1 fully saturated rings. The van der Waals surface area contributed by atoms with Gasteiger partial charge < -0.3 is 14.6 Å². The standard InChI is InChI=1S/C25H33NO4/c1-18-15-21(30-17-19-5-7-20(8-6-19)25(2,3)4)9-10-22(18)23-16-26(13-14-29-23)12-11-24(27)28/h5-10,15,23H,11-14,16-17H2,1-4H3,(H,27,28). The molecular weight excluding hydrogens is 378 g/mol. The Kier molecular flexibility index (Phi) is 7.16. The molecule has 3 rings (SSSR count). The number of hydrogen-bond acceptors (Lipinski definition) is 4. The number of nitrogens with zero attached hydrogens (tertiary/aromatic N) is 1. The predicted molar refractivity (Wildman–Crippen MR) is 118 cm³/mol. The number of carboxylic acids is 1. The minimum absolute atomic E-state index is 0.0356. The summed E-state index contributed by atoms with van der Waals surface area (Å²) in [6, 6.07) is 14.7. The molecule has 1 heterocycles. The SMILES string of the molecule is Cc1cc(OCc2ccc(C(C)(C)C)cc2)ccc1C1CN(CCC(=O)O)CCO1. The molecule has 0 aliphatic carbocycles.